The lowest BCUT2D eigenvalue weighted by atomic mass is 10.3. The van der Waals surface area contributed by atoms with Gasteiger partial charge in [-0.25, -0.2) is 4.79 Å². The molecule has 1 rings (SSSR count). The summed E-state index contributed by atoms with van der Waals surface area (Å²) in [6.07, 6.45) is -1.12. The molecular formula is C9H9BrN2O3. The maximum absolute atomic E-state index is 11.0. The van der Waals surface area contributed by atoms with Crippen molar-refractivity contribution in [1.29, 1.82) is 0 Å². The van der Waals surface area contributed by atoms with Crippen molar-refractivity contribution in [3.8, 4) is 0 Å². The summed E-state index contributed by atoms with van der Waals surface area (Å²) < 4.78 is 0. The van der Waals surface area contributed by atoms with Gasteiger partial charge in [0.05, 0.1) is 5.33 Å². The fourth-order valence-electron chi connectivity index (χ4n) is 0.955. The Balaban J connectivity index is 2.64. The second kappa shape index (κ2) is 5.35. The molecule has 15 heavy (non-hydrogen) atoms. The van der Waals surface area contributed by atoms with E-state index in [1.54, 1.807) is 24.3 Å². The van der Waals surface area contributed by atoms with Crippen LogP contribution in [0.15, 0.2) is 24.3 Å². The molecule has 0 unspecified atom stereocenters. The molecule has 0 atom stereocenters. The highest BCUT2D eigenvalue weighted by atomic mass is 79.9. The monoisotopic (exact) mass is 272 g/mol. The van der Waals surface area contributed by atoms with Crippen LogP contribution in [-0.4, -0.2) is 22.4 Å². The van der Waals surface area contributed by atoms with Crippen LogP contribution in [0.2, 0.25) is 0 Å². The zero-order chi connectivity index (χ0) is 11.3. The SMILES string of the molecule is O=C(O)Nc1ccc(NC(=O)CBr)cc1. The van der Waals surface area contributed by atoms with E-state index in [1.807, 2.05) is 0 Å². The summed E-state index contributed by atoms with van der Waals surface area (Å²) in [5, 5.41) is 13.5. The summed E-state index contributed by atoms with van der Waals surface area (Å²) in [7, 11) is 0. The Hall–Kier alpha value is -1.56. The van der Waals surface area contributed by atoms with E-state index in [0.29, 0.717) is 11.4 Å². The van der Waals surface area contributed by atoms with Crippen LogP contribution >= 0.6 is 15.9 Å². The molecule has 0 saturated carbocycles. The first-order chi connectivity index (χ1) is 7.11. The highest BCUT2D eigenvalue weighted by Crippen LogP contribution is 2.13. The van der Waals surface area contributed by atoms with Crippen molar-refractivity contribution in [2.75, 3.05) is 16.0 Å². The van der Waals surface area contributed by atoms with Crippen LogP contribution in [0.25, 0.3) is 0 Å². The summed E-state index contributed by atoms with van der Waals surface area (Å²) in [6, 6.07) is 6.37. The van der Waals surface area contributed by atoms with Crippen LogP contribution in [0.3, 0.4) is 0 Å². The third kappa shape index (κ3) is 3.99. The average Bonchev–Trinajstić information content (AvgIpc) is 2.20. The minimum absolute atomic E-state index is 0.158. The zero-order valence-electron chi connectivity index (χ0n) is 7.66. The van der Waals surface area contributed by atoms with Crippen molar-refractivity contribution in [2.45, 2.75) is 0 Å². The second-order valence-corrected chi connectivity index (χ2v) is 3.25. The number of amides is 2. The quantitative estimate of drug-likeness (QED) is 0.738. The standard InChI is InChI=1S/C9H9BrN2O3/c10-5-8(13)11-6-1-3-7(4-2-6)12-9(14)15/h1-4,12H,5H2,(H,11,13)(H,14,15). The molecule has 0 spiro atoms. The molecule has 2 amide bonds. The predicted molar refractivity (Wildman–Crippen MR) is 60.5 cm³/mol. The molecule has 5 nitrogen and oxygen atoms in total. The van der Waals surface area contributed by atoms with E-state index in [0.717, 1.165) is 0 Å². The van der Waals surface area contributed by atoms with Gasteiger partial charge in [-0.1, -0.05) is 15.9 Å². The second-order valence-electron chi connectivity index (χ2n) is 2.69. The maximum Gasteiger partial charge on any atom is 0.409 e. The van der Waals surface area contributed by atoms with Gasteiger partial charge in [-0.2, -0.15) is 0 Å². The van der Waals surface area contributed by atoms with Crippen LogP contribution in [0.1, 0.15) is 0 Å². The molecule has 80 valence electrons. The first kappa shape index (κ1) is 11.5. The first-order valence-electron chi connectivity index (χ1n) is 4.07. The molecule has 0 bridgehead atoms. The molecule has 1 aromatic carbocycles. The number of carbonyl (C=O) groups excluding carboxylic acids is 1. The summed E-state index contributed by atoms with van der Waals surface area (Å²) >= 11 is 3.02. The zero-order valence-corrected chi connectivity index (χ0v) is 9.24. The molecule has 0 aromatic heterocycles. The summed E-state index contributed by atoms with van der Waals surface area (Å²) in [5.41, 5.74) is 1.08. The average molecular weight is 273 g/mol. The Bertz CT molecular complexity index is 364. The lowest BCUT2D eigenvalue weighted by Crippen LogP contribution is -2.12. The summed E-state index contributed by atoms with van der Waals surface area (Å²) in [6.45, 7) is 0. The van der Waals surface area contributed by atoms with Crippen molar-refractivity contribution in [2.24, 2.45) is 0 Å². The Morgan fingerprint density at radius 2 is 1.60 bits per heavy atom. The Morgan fingerprint density at radius 1 is 1.13 bits per heavy atom. The van der Waals surface area contributed by atoms with E-state index < -0.39 is 6.09 Å². The van der Waals surface area contributed by atoms with Crippen LogP contribution < -0.4 is 10.6 Å². The normalized spacial score (nSPS) is 9.40. The number of carboxylic acid groups (broad SMARTS) is 1. The number of alkyl halides is 1. The number of anilines is 2. The lowest BCUT2D eigenvalue weighted by molar-refractivity contribution is -0.113. The largest absolute Gasteiger partial charge is 0.465 e. The van der Waals surface area contributed by atoms with Crippen molar-refractivity contribution in [3.63, 3.8) is 0 Å². The topological polar surface area (TPSA) is 78.4 Å². The molecule has 3 N–H and O–H groups in total. The molecule has 0 aliphatic rings. The van der Waals surface area contributed by atoms with Gasteiger partial charge >= 0.3 is 6.09 Å². The van der Waals surface area contributed by atoms with E-state index in [-0.39, 0.29) is 11.2 Å². The molecule has 0 aliphatic carbocycles. The van der Waals surface area contributed by atoms with Gasteiger partial charge in [-0.05, 0) is 24.3 Å². The van der Waals surface area contributed by atoms with E-state index in [1.165, 1.54) is 0 Å². The predicted octanol–water partition coefficient (Wildman–Crippen LogP) is 2.11. The molecule has 0 aliphatic heterocycles. The Labute approximate surface area is 94.6 Å². The van der Waals surface area contributed by atoms with Gasteiger partial charge in [0.15, 0.2) is 0 Å². The van der Waals surface area contributed by atoms with Crippen molar-refractivity contribution >= 4 is 39.3 Å². The summed E-state index contributed by atoms with van der Waals surface area (Å²) in [4.78, 5) is 21.3. The number of rotatable bonds is 3. The molecular weight excluding hydrogens is 264 g/mol. The van der Waals surface area contributed by atoms with Gasteiger partial charge in [0.1, 0.15) is 0 Å². The Morgan fingerprint density at radius 3 is 2.00 bits per heavy atom. The third-order valence-corrected chi connectivity index (χ3v) is 2.05. The van der Waals surface area contributed by atoms with E-state index in [9.17, 15) is 9.59 Å². The number of carbonyl (C=O) groups is 2. The molecule has 0 saturated heterocycles. The highest BCUT2D eigenvalue weighted by Gasteiger charge is 2.00. The van der Waals surface area contributed by atoms with Crippen LogP contribution in [-0.2, 0) is 4.79 Å². The Kier molecular flexibility index (Phi) is 4.11. The van der Waals surface area contributed by atoms with Crippen molar-refractivity contribution in [1.82, 2.24) is 0 Å². The minimum atomic E-state index is -1.12. The number of nitrogens with one attached hydrogen (secondary N) is 2. The number of halogens is 1. The number of hydrogen-bond donors (Lipinski definition) is 3. The molecule has 0 radical (unpaired) electrons. The fraction of sp³-hybridized carbons (Fsp3) is 0.111. The molecule has 6 heteroatoms. The summed E-state index contributed by atoms with van der Waals surface area (Å²) in [5.74, 6) is -0.158. The molecule has 1 aromatic rings. The van der Waals surface area contributed by atoms with Crippen LogP contribution in [0.4, 0.5) is 16.2 Å². The van der Waals surface area contributed by atoms with E-state index in [4.69, 9.17) is 5.11 Å². The van der Waals surface area contributed by atoms with Gasteiger partial charge in [0.25, 0.3) is 0 Å². The molecule has 0 fully saturated rings. The van der Waals surface area contributed by atoms with E-state index in [2.05, 4.69) is 26.6 Å². The van der Waals surface area contributed by atoms with Crippen molar-refractivity contribution in [3.05, 3.63) is 24.3 Å². The van der Waals surface area contributed by atoms with E-state index >= 15 is 0 Å². The number of benzene rings is 1. The molecule has 0 heterocycles. The fourth-order valence-corrected chi connectivity index (χ4v) is 1.09. The van der Waals surface area contributed by atoms with Crippen LogP contribution in [0, 0.1) is 0 Å². The minimum Gasteiger partial charge on any atom is -0.465 e. The first-order valence-corrected chi connectivity index (χ1v) is 5.20. The van der Waals surface area contributed by atoms with Gasteiger partial charge in [-0.3, -0.25) is 10.1 Å². The third-order valence-electron chi connectivity index (χ3n) is 1.54. The smallest absolute Gasteiger partial charge is 0.409 e. The van der Waals surface area contributed by atoms with Crippen LogP contribution in [0.5, 0.6) is 0 Å². The number of hydrogen-bond acceptors (Lipinski definition) is 2. The lowest BCUT2D eigenvalue weighted by Gasteiger charge is -2.04. The van der Waals surface area contributed by atoms with Gasteiger partial charge in [0, 0.05) is 11.4 Å². The van der Waals surface area contributed by atoms with Gasteiger partial charge in [-0.15, -0.1) is 0 Å². The van der Waals surface area contributed by atoms with Gasteiger partial charge < -0.3 is 10.4 Å². The highest BCUT2D eigenvalue weighted by molar-refractivity contribution is 9.09. The maximum atomic E-state index is 11.0. The van der Waals surface area contributed by atoms with Crippen molar-refractivity contribution < 1.29 is 14.7 Å². The van der Waals surface area contributed by atoms with Gasteiger partial charge in [0.2, 0.25) is 5.91 Å².